The molecule has 0 saturated carbocycles. The molecule has 0 aliphatic rings. The van der Waals surface area contributed by atoms with Gasteiger partial charge in [-0.2, -0.15) is 0 Å². The number of aliphatic hydroxyl groups excluding tert-OH is 1. The fourth-order valence-electron chi connectivity index (χ4n) is 2.16. The molecule has 2 aromatic carbocycles. The van der Waals surface area contributed by atoms with Gasteiger partial charge in [-0.3, -0.25) is 0 Å². The standard InChI is InChI=1S/C17H19ClO2/c1-4-15(19)14-7-5-6-8-16(14)20-13-9-11(2)17(18)12(3)10-13/h5-10,15,19H,4H2,1-3H3. The average Bonchev–Trinajstić information content (AvgIpc) is 2.44. The van der Waals surface area contributed by atoms with Crippen molar-refractivity contribution in [3.63, 3.8) is 0 Å². The second-order valence-electron chi connectivity index (χ2n) is 4.93. The number of para-hydroxylation sites is 1. The molecule has 0 saturated heterocycles. The van der Waals surface area contributed by atoms with Crippen molar-refractivity contribution in [1.29, 1.82) is 0 Å². The lowest BCUT2D eigenvalue weighted by Gasteiger charge is -2.15. The Morgan fingerprint density at radius 3 is 2.35 bits per heavy atom. The Hall–Kier alpha value is -1.51. The van der Waals surface area contributed by atoms with Gasteiger partial charge >= 0.3 is 0 Å². The first-order valence-electron chi connectivity index (χ1n) is 6.74. The van der Waals surface area contributed by atoms with Crippen LogP contribution in [0.4, 0.5) is 0 Å². The normalized spacial score (nSPS) is 12.2. The van der Waals surface area contributed by atoms with Crippen molar-refractivity contribution in [1.82, 2.24) is 0 Å². The van der Waals surface area contributed by atoms with Gasteiger partial charge in [-0.25, -0.2) is 0 Å². The van der Waals surface area contributed by atoms with Gasteiger partial charge in [0, 0.05) is 10.6 Å². The van der Waals surface area contributed by atoms with Crippen LogP contribution in [0.3, 0.4) is 0 Å². The van der Waals surface area contributed by atoms with Crippen molar-refractivity contribution in [2.24, 2.45) is 0 Å². The Balaban J connectivity index is 2.35. The van der Waals surface area contributed by atoms with E-state index in [-0.39, 0.29) is 0 Å². The summed E-state index contributed by atoms with van der Waals surface area (Å²) in [4.78, 5) is 0. The highest BCUT2D eigenvalue weighted by atomic mass is 35.5. The van der Waals surface area contributed by atoms with E-state index >= 15 is 0 Å². The van der Waals surface area contributed by atoms with E-state index in [0.29, 0.717) is 12.2 Å². The molecule has 1 N–H and O–H groups in total. The summed E-state index contributed by atoms with van der Waals surface area (Å²) in [6.45, 7) is 5.85. The summed E-state index contributed by atoms with van der Waals surface area (Å²) in [6, 6.07) is 11.4. The lowest BCUT2D eigenvalue weighted by Crippen LogP contribution is -1.99. The predicted octanol–water partition coefficient (Wildman–Crippen LogP) is 5.19. The molecular weight excluding hydrogens is 272 g/mol. The highest BCUT2D eigenvalue weighted by Gasteiger charge is 2.12. The van der Waals surface area contributed by atoms with Gasteiger partial charge in [0.25, 0.3) is 0 Å². The Morgan fingerprint density at radius 2 is 1.75 bits per heavy atom. The van der Waals surface area contributed by atoms with Crippen LogP contribution in [0.25, 0.3) is 0 Å². The van der Waals surface area contributed by atoms with E-state index in [2.05, 4.69) is 0 Å². The van der Waals surface area contributed by atoms with Gasteiger partial charge in [-0.1, -0.05) is 36.7 Å². The quantitative estimate of drug-likeness (QED) is 0.839. The van der Waals surface area contributed by atoms with Gasteiger partial charge in [0.15, 0.2) is 0 Å². The molecular formula is C17H19ClO2. The van der Waals surface area contributed by atoms with Gasteiger partial charge in [-0.15, -0.1) is 0 Å². The monoisotopic (exact) mass is 290 g/mol. The third-order valence-corrected chi connectivity index (χ3v) is 3.90. The number of rotatable bonds is 4. The van der Waals surface area contributed by atoms with E-state index < -0.39 is 6.10 Å². The van der Waals surface area contributed by atoms with E-state index in [1.807, 2.05) is 57.2 Å². The predicted molar refractivity (Wildman–Crippen MR) is 82.7 cm³/mol. The molecule has 0 spiro atoms. The number of ether oxygens (including phenoxy) is 1. The number of halogens is 1. The maximum Gasteiger partial charge on any atom is 0.133 e. The van der Waals surface area contributed by atoms with Crippen molar-refractivity contribution in [2.75, 3.05) is 0 Å². The zero-order valence-electron chi connectivity index (χ0n) is 12.0. The number of aliphatic hydroxyl groups is 1. The van der Waals surface area contributed by atoms with Crippen LogP contribution in [0.15, 0.2) is 36.4 Å². The van der Waals surface area contributed by atoms with E-state index in [4.69, 9.17) is 16.3 Å². The van der Waals surface area contributed by atoms with Crippen molar-refractivity contribution in [2.45, 2.75) is 33.3 Å². The number of hydrogen-bond donors (Lipinski definition) is 1. The van der Waals surface area contributed by atoms with Crippen LogP contribution in [-0.2, 0) is 0 Å². The molecule has 0 amide bonds. The second-order valence-corrected chi connectivity index (χ2v) is 5.31. The minimum atomic E-state index is -0.513. The van der Waals surface area contributed by atoms with Gasteiger partial charge < -0.3 is 9.84 Å². The summed E-state index contributed by atoms with van der Waals surface area (Å²) in [5.41, 5.74) is 2.77. The van der Waals surface area contributed by atoms with Crippen molar-refractivity contribution in [3.8, 4) is 11.5 Å². The van der Waals surface area contributed by atoms with Gasteiger partial charge in [0.2, 0.25) is 0 Å². The topological polar surface area (TPSA) is 29.5 Å². The molecule has 0 fully saturated rings. The molecule has 2 rings (SSSR count). The third kappa shape index (κ3) is 3.14. The molecule has 2 aromatic rings. The molecule has 20 heavy (non-hydrogen) atoms. The molecule has 0 heterocycles. The Morgan fingerprint density at radius 1 is 1.15 bits per heavy atom. The second kappa shape index (κ2) is 6.29. The van der Waals surface area contributed by atoms with Crippen LogP contribution in [0.1, 0.15) is 36.1 Å². The van der Waals surface area contributed by atoms with Crippen molar-refractivity contribution in [3.05, 3.63) is 58.1 Å². The van der Waals surface area contributed by atoms with Crippen LogP contribution in [0, 0.1) is 13.8 Å². The highest BCUT2D eigenvalue weighted by molar-refractivity contribution is 6.32. The van der Waals surface area contributed by atoms with Crippen LogP contribution in [0.2, 0.25) is 5.02 Å². The van der Waals surface area contributed by atoms with Crippen LogP contribution in [0.5, 0.6) is 11.5 Å². The molecule has 0 aliphatic carbocycles. The van der Waals surface area contributed by atoms with E-state index in [9.17, 15) is 5.11 Å². The third-order valence-electron chi connectivity index (χ3n) is 3.30. The van der Waals surface area contributed by atoms with Crippen LogP contribution in [-0.4, -0.2) is 5.11 Å². The lowest BCUT2D eigenvalue weighted by atomic mass is 10.1. The minimum absolute atomic E-state index is 0.513. The fraction of sp³-hybridized carbons (Fsp3) is 0.294. The molecule has 3 heteroatoms. The number of hydrogen-bond acceptors (Lipinski definition) is 2. The average molecular weight is 291 g/mol. The Labute approximate surface area is 125 Å². The summed E-state index contributed by atoms with van der Waals surface area (Å²) >= 11 is 6.16. The molecule has 106 valence electrons. The maximum atomic E-state index is 10.0. The first kappa shape index (κ1) is 14.9. The lowest BCUT2D eigenvalue weighted by molar-refractivity contribution is 0.170. The largest absolute Gasteiger partial charge is 0.457 e. The molecule has 1 unspecified atom stereocenters. The molecule has 0 aliphatic heterocycles. The maximum absolute atomic E-state index is 10.0. The van der Waals surface area contributed by atoms with Crippen LogP contribution < -0.4 is 4.74 Å². The van der Waals surface area contributed by atoms with Crippen molar-refractivity contribution >= 4 is 11.6 Å². The molecule has 0 radical (unpaired) electrons. The summed E-state index contributed by atoms with van der Waals surface area (Å²) in [5, 5.41) is 10.8. The smallest absolute Gasteiger partial charge is 0.133 e. The molecule has 0 bridgehead atoms. The molecule has 0 aromatic heterocycles. The number of aryl methyl sites for hydroxylation is 2. The van der Waals surface area contributed by atoms with Gasteiger partial charge in [0.1, 0.15) is 11.5 Å². The zero-order valence-corrected chi connectivity index (χ0v) is 12.7. The van der Waals surface area contributed by atoms with E-state index in [1.165, 1.54) is 0 Å². The summed E-state index contributed by atoms with van der Waals surface area (Å²) in [6.07, 6.45) is 0.139. The summed E-state index contributed by atoms with van der Waals surface area (Å²) in [7, 11) is 0. The van der Waals surface area contributed by atoms with Gasteiger partial charge in [0.05, 0.1) is 6.10 Å². The Bertz CT molecular complexity index is 585. The molecule has 1 atom stereocenters. The van der Waals surface area contributed by atoms with Crippen LogP contribution >= 0.6 is 11.6 Å². The van der Waals surface area contributed by atoms with E-state index in [0.717, 1.165) is 27.5 Å². The van der Waals surface area contributed by atoms with E-state index in [1.54, 1.807) is 0 Å². The molecule has 2 nitrogen and oxygen atoms in total. The summed E-state index contributed by atoms with van der Waals surface area (Å²) in [5.74, 6) is 1.42. The first-order chi connectivity index (χ1) is 9.52. The Kier molecular flexibility index (Phi) is 4.69. The first-order valence-corrected chi connectivity index (χ1v) is 7.12. The zero-order chi connectivity index (χ0) is 14.7. The summed E-state index contributed by atoms with van der Waals surface area (Å²) < 4.78 is 5.93. The SMILES string of the molecule is CCC(O)c1ccccc1Oc1cc(C)c(Cl)c(C)c1. The van der Waals surface area contributed by atoms with Crippen molar-refractivity contribution < 1.29 is 9.84 Å². The fourth-order valence-corrected chi connectivity index (χ4v) is 2.27. The highest BCUT2D eigenvalue weighted by Crippen LogP contribution is 2.33. The number of benzene rings is 2. The minimum Gasteiger partial charge on any atom is -0.457 e. The van der Waals surface area contributed by atoms with Gasteiger partial charge in [-0.05, 0) is 49.6 Å².